The van der Waals surface area contributed by atoms with Gasteiger partial charge in [-0.3, -0.25) is 9.78 Å². The Labute approximate surface area is 202 Å². The molecule has 5 N–H and O–H groups in total. The molecule has 0 amide bonds. The van der Waals surface area contributed by atoms with E-state index in [1.165, 1.54) is 18.5 Å². The Morgan fingerprint density at radius 3 is 2.37 bits per heavy atom. The first-order valence-electron chi connectivity index (χ1n) is 10.9. The largest absolute Gasteiger partial charge is 0.483 e. The maximum absolute atomic E-state index is 14.9. The molecule has 1 fully saturated rings. The van der Waals surface area contributed by atoms with E-state index in [0.29, 0.717) is 48.1 Å². The van der Waals surface area contributed by atoms with Crippen LogP contribution in [0.5, 0.6) is 0 Å². The number of aromatic nitrogens is 2. The van der Waals surface area contributed by atoms with Crippen molar-refractivity contribution in [1.82, 2.24) is 14.7 Å². The van der Waals surface area contributed by atoms with Crippen LogP contribution in [-0.4, -0.2) is 47.2 Å². The molecular formula is C24H27FN4O5S. The van der Waals surface area contributed by atoms with Crippen LogP contribution in [0.1, 0.15) is 31.2 Å². The first-order chi connectivity index (χ1) is 16.7. The van der Waals surface area contributed by atoms with Crippen LogP contribution in [-0.2, 0) is 20.6 Å². The molecule has 0 aliphatic heterocycles. The number of anilines is 1. The molecule has 0 bridgehead atoms. The number of hydrogen-bond acceptors (Lipinski definition) is 7. The van der Waals surface area contributed by atoms with Gasteiger partial charge in [0.05, 0.1) is 29.9 Å². The van der Waals surface area contributed by atoms with Gasteiger partial charge in [-0.2, -0.15) is 0 Å². The van der Waals surface area contributed by atoms with E-state index in [4.69, 9.17) is 15.6 Å². The number of aliphatic hydroxyl groups excluding tert-OH is 1. The Morgan fingerprint density at radius 1 is 1.06 bits per heavy atom. The molecule has 9 nitrogen and oxygen atoms in total. The van der Waals surface area contributed by atoms with E-state index >= 15 is 0 Å². The first kappa shape index (κ1) is 26.2. The molecule has 1 heterocycles. The number of nitrogens with zero attached hydrogens (tertiary/aromatic N) is 2. The highest BCUT2D eigenvalue weighted by atomic mass is 32.2. The summed E-state index contributed by atoms with van der Waals surface area (Å²) in [5, 5.41) is 16.5. The summed E-state index contributed by atoms with van der Waals surface area (Å²) in [4.78, 5) is 16.4. The molecule has 3 aromatic rings. The van der Waals surface area contributed by atoms with Gasteiger partial charge in [0.25, 0.3) is 6.47 Å². The maximum atomic E-state index is 14.9. The molecule has 0 radical (unpaired) electrons. The second kappa shape index (κ2) is 11.8. The molecule has 1 aliphatic carbocycles. The number of carbonyl (C=O) groups is 1. The maximum Gasteiger partial charge on any atom is 0.290 e. The van der Waals surface area contributed by atoms with Crippen LogP contribution in [0.4, 0.5) is 10.2 Å². The summed E-state index contributed by atoms with van der Waals surface area (Å²) < 4.78 is 43.2. The van der Waals surface area contributed by atoms with E-state index in [1.54, 1.807) is 36.4 Å². The number of nitrogens with two attached hydrogens (primary N) is 1. The predicted octanol–water partition coefficient (Wildman–Crippen LogP) is 2.96. The van der Waals surface area contributed by atoms with Crippen LogP contribution in [0.15, 0.2) is 54.9 Å². The van der Waals surface area contributed by atoms with Gasteiger partial charge in [-0.25, -0.2) is 22.5 Å². The lowest BCUT2D eigenvalue weighted by molar-refractivity contribution is -0.122. The lowest BCUT2D eigenvalue weighted by Gasteiger charge is -2.26. The van der Waals surface area contributed by atoms with Crippen LogP contribution in [0.3, 0.4) is 0 Å². The standard InChI is InChI=1S/C23H25FN4O3S.CH2O2/c24-21-11-15(5-10-20(21)22-12-27-23(25)13-26-22)19-4-2-1-3-16(19)14-32(30,31)28-17-6-8-18(29)9-7-17;2-1-3/h1-5,10-13,17-18,28-29H,6-9,14H2,(H2,25,27);1H,(H,2,3). The topological polar surface area (TPSA) is 156 Å². The second-order valence-corrected chi connectivity index (χ2v) is 9.92. The summed E-state index contributed by atoms with van der Waals surface area (Å²) in [5.74, 6) is -0.452. The van der Waals surface area contributed by atoms with Crippen molar-refractivity contribution >= 4 is 22.3 Å². The zero-order valence-electron chi connectivity index (χ0n) is 18.8. The summed E-state index contributed by atoms with van der Waals surface area (Å²) in [6.07, 6.45) is 4.83. The third kappa shape index (κ3) is 7.28. The van der Waals surface area contributed by atoms with Gasteiger partial charge in [0.15, 0.2) is 0 Å². The van der Waals surface area contributed by atoms with Crippen molar-refractivity contribution in [2.24, 2.45) is 0 Å². The van der Waals surface area contributed by atoms with E-state index in [2.05, 4.69) is 14.7 Å². The molecule has 1 saturated carbocycles. The summed E-state index contributed by atoms with van der Waals surface area (Å²) in [5.41, 5.74) is 7.98. The Morgan fingerprint density at radius 2 is 1.74 bits per heavy atom. The number of sulfonamides is 1. The van der Waals surface area contributed by atoms with Gasteiger partial charge in [0.1, 0.15) is 11.6 Å². The third-order valence-electron chi connectivity index (χ3n) is 5.63. The smallest absolute Gasteiger partial charge is 0.290 e. The van der Waals surface area contributed by atoms with E-state index in [1.807, 2.05) is 0 Å². The molecule has 11 heteroatoms. The van der Waals surface area contributed by atoms with Crippen molar-refractivity contribution in [3.8, 4) is 22.4 Å². The minimum atomic E-state index is -3.60. The van der Waals surface area contributed by atoms with Crippen LogP contribution in [0.25, 0.3) is 22.4 Å². The van der Waals surface area contributed by atoms with E-state index in [-0.39, 0.29) is 35.8 Å². The molecule has 2 aromatic carbocycles. The summed E-state index contributed by atoms with van der Waals surface area (Å²) >= 11 is 0. The SMILES string of the molecule is Nc1cnc(-c2ccc(-c3ccccc3CS(=O)(=O)NC3CCC(O)CC3)cc2F)cn1.O=CO. The highest BCUT2D eigenvalue weighted by molar-refractivity contribution is 7.88. The van der Waals surface area contributed by atoms with E-state index < -0.39 is 15.8 Å². The lowest BCUT2D eigenvalue weighted by atomic mass is 9.94. The number of nitrogens with one attached hydrogen (secondary N) is 1. The lowest BCUT2D eigenvalue weighted by Crippen LogP contribution is -2.39. The van der Waals surface area contributed by atoms with Gasteiger partial charge < -0.3 is 15.9 Å². The molecule has 4 rings (SSSR count). The van der Waals surface area contributed by atoms with Crippen molar-refractivity contribution in [3.63, 3.8) is 0 Å². The zero-order valence-corrected chi connectivity index (χ0v) is 19.7. The van der Waals surface area contributed by atoms with Crippen molar-refractivity contribution in [1.29, 1.82) is 0 Å². The van der Waals surface area contributed by atoms with Crippen LogP contribution in [0, 0.1) is 5.82 Å². The second-order valence-electron chi connectivity index (χ2n) is 8.17. The molecule has 0 spiro atoms. The molecule has 0 atom stereocenters. The molecule has 1 aromatic heterocycles. The normalized spacial score (nSPS) is 17.8. The minimum absolute atomic E-state index is 0.173. The van der Waals surface area contributed by atoms with Crippen LogP contribution >= 0.6 is 0 Å². The molecule has 1 aliphatic rings. The van der Waals surface area contributed by atoms with Gasteiger partial charge in [-0.05, 0) is 54.5 Å². The zero-order chi connectivity index (χ0) is 25.4. The number of aliphatic hydroxyl groups is 1. The number of halogens is 1. The fourth-order valence-corrected chi connectivity index (χ4v) is 5.48. The number of carboxylic acid groups (broad SMARTS) is 1. The average molecular weight is 503 g/mol. The number of rotatable bonds is 6. The van der Waals surface area contributed by atoms with Crippen molar-refractivity contribution in [2.75, 3.05) is 5.73 Å². The predicted molar refractivity (Wildman–Crippen MR) is 130 cm³/mol. The molecule has 35 heavy (non-hydrogen) atoms. The fourth-order valence-electron chi connectivity index (χ4n) is 3.99. The van der Waals surface area contributed by atoms with Crippen molar-refractivity contribution in [3.05, 3.63) is 66.2 Å². The highest BCUT2D eigenvalue weighted by Gasteiger charge is 2.24. The molecular weight excluding hydrogens is 475 g/mol. The third-order valence-corrected chi connectivity index (χ3v) is 7.02. The van der Waals surface area contributed by atoms with Crippen LogP contribution < -0.4 is 10.5 Å². The van der Waals surface area contributed by atoms with E-state index in [0.717, 1.165) is 0 Å². The highest BCUT2D eigenvalue weighted by Crippen LogP contribution is 2.30. The number of nitrogen functional groups attached to an aromatic ring is 1. The Hall–Kier alpha value is -3.41. The molecule has 186 valence electrons. The van der Waals surface area contributed by atoms with Crippen molar-refractivity contribution in [2.45, 2.75) is 43.6 Å². The Kier molecular flexibility index (Phi) is 8.85. The van der Waals surface area contributed by atoms with Gasteiger partial charge >= 0.3 is 0 Å². The quantitative estimate of drug-likeness (QED) is 0.375. The number of benzene rings is 2. The minimum Gasteiger partial charge on any atom is -0.483 e. The molecule has 0 saturated heterocycles. The van der Waals surface area contributed by atoms with Crippen LogP contribution in [0.2, 0.25) is 0 Å². The van der Waals surface area contributed by atoms with Gasteiger partial charge in [-0.1, -0.05) is 30.3 Å². The Balaban J connectivity index is 0.00000108. The van der Waals surface area contributed by atoms with E-state index in [9.17, 15) is 17.9 Å². The monoisotopic (exact) mass is 502 g/mol. The first-order valence-corrected chi connectivity index (χ1v) is 12.6. The van der Waals surface area contributed by atoms with Crippen molar-refractivity contribution < 1.29 is 27.8 Å². The molecule has 0 unspecified atom stereocenters. The van der Waals surface area contributed by atoms with Gasteiger partial charge in [-0.15, -0.1) is 0 Å². The summed E-state index contributed by atoms with van der Waals surface area (Å²) in [6, 6.07) is 11.6. The number of hydrogen-bond donors (Lipinski definition) is 4. The average Bonchev–Trinajstić information content (AvgIpc) is 2.82. The summed E-state index contributed by atoms with van der Waals surface area (Å²) in [6.45, 7) is -0.250. The van der Waals surface area contributed by atoms with Gasteiger partial charge in [0, 0.05) is 11.6 Å². The van der Waals surface area contributed by atoms with Gasteiger partial charge in [0.2, 0.25) is 10.0 Å². The Bertz CT molecular complexity index is 1250. The fraction of sp³-hybridized carbons (Fsp3) is 0.292. The summed E-state index contributed by atoms with van der Waals surface area (Å²) in [7, 11) is -3.60.